The molecule has 0 radical (unpaired) electrons. The van der Waals surface area contributed by atoms with E-state index in [0.717, 1.165) is 13.0 Å². The Morgan fingerprint density at radius 3 is 2.84 bits per heavy atom. The highest BCUT2D eigenvalue weighted by Gasteiger charge is 2.02. The van der Waals surface area contributed by atoms with Crippen molar-refractivity contribution in [1.82, 2.24) is 9.55 Å². The summed E-state index contributed by atoms with van der Waals surface area (Å²) < 4.78 is 12.7. The zero-order chi connectivity index (χ0) is 13.5. The molecule has 0 aliphatic carbocycles. The molecule has 1 aromatic carbocycles. The topological polar surface area (TPSA) is 60.1 Å². The van der Waals surface area contributed by atoms with Crippen molar-refractivity contribution >= 4 is 0 Å². The molecule has 19 heavy (non-hydrogen) atoms. The van der Waals surface area contributed by atoms with Gasteiger partial charge in [0.25, 0.3) is 0 Å². The van der Waals surface area contributed by atoms with Crippen LogP contribution in [0.2, 0.25) is 0 Å². The molecule has 0 N–H and O–H groups in total. The van der Waals surface area contributed by atoms with Crippen LogP contribution in [-0.4, -0.2) is 23.3 Å². The fourth-order valence-electron chi connectivity index (χ4n) is 1.69. The van der Waals surface area contributed by atoms with Gasteiger partial charge >= 0.3 is 0 Å². The zero-order valence-electron chi connectivity index (χ0n) is 10.7. The Kier molecular flexibility index (Phi) is 4.40. The van der Waals surface area contributed by atoms with Crippen molar-refractivity contribution in [2.75, 3.05) is 13.7 Å². The van der Waals surface area contributed by atoms with E-state index in [-0.39, 0.29) is 0 Å². The van der Waals surface area contributed by atoms with Gasteiger partial charge in [0.15, 0.2) is 0 Å². The van der Waals surface area contributed by atoms with Crippen LogP contribution in [-0.2, 0) is 6.54 Å². The fraction of sp³-hybridized carbons (Fsp3) is 0.286. The van der Waals surface area contributed by atoms with Gasteiger partial charge in [0, 0.05) is 25.0 Å². The Morgan fingerprint density at radius 2 is 2.16 bits per heavy atom. The predicted octanol–water partition coefficient (Wildman–Crippen LogP) is 2.23. The first-order valence-electron chi connectivity index (χ1n) is 5.99. The van der Waals surface area contributed by atoms with Gasteiger partial charge in [0.2, 0.25) is 0 Å². The summed E-state index contributed by atoms with van der Waals surface area (Å²) in [6.07, 6.45) is 6.32. The standard InChI is InChI=1S/C14H15N3O2/c1-18-13-7-12(10-15)8-14(9-13)19-6-2-4-17-5-3-16-11-17/h3,5,7-9,11H,2,4,6H2,1H3. The number of nitriles is 1. The second kappa shape index (κ2) is 6.45. The van der Waals surface area contributed by atoms with Gasteiger partial charge in [-0.2, -0.15) is 5.26 Å². The molecular weight excluding hydrogens is 242 g/mol. The minimum atomic E-state index is 0.531. The van der Waals surface area contributed by atoms with Crippen molar-refractivity contribution in [3.8, 4) is 17.6 Å². The number of benzene rings is 1. The summed E-state index contributed by atoms with van der Waals surface area (Å²) in [4.78, 5) is 3.97. The number of aromatic nitrogens is 2. The number of imidazole rings is 1. The number of aryl methyl sites for hydroxylation is 1. The van der Waals surface area contributed by atoms with Gasteiger partial charge in [0.1, 0.15) is 11.5 Å². The average Bonchev–Trinajstić information content (AvgIpc) is 2.96. The van der Waals surface area contributed by atoms with Gasteiger partial charge in [-0.25, -0.2) is 4.98 Å². The Morgan fingerprint density at radius 1 is 1.32 bits per heavy atom. The van der Waals surface area contributed by atoms with Crippen molar-refractivity contribution in [3.05, 3.63) is 42.5 Å². The lowest BCUT2D eigenvalue weighted by Gasteiger charge is -2.08. The summed E-state index contributed by atoms with van der Waals surface area (Å²) in [6, 6.07) is 7.25. The van der Waals surface area contributed by atoms with E-state index < -0.39 is 0 Å². The monoisotopic (exact) mass is 257 g/mol. The molecule has 0 saturated heterocycles. The summed E-state index contributed by atoms with van der Waals surface area (Å²) in [5.41, 5.74) is 0.531. The lowest BCUT2D eigenvalue weighted by Crippen LogP contribution is -2.03. The van der Waals surface area contributed by atoms with E-state index in [9.17, 15) is 0 Å². The maximum Gasteiger partial charge on any atom is 0.124 e. The Balaban J connectivity index is 1.87. The highest BCUT2D eigenvalue weighted by atomic mass is 16.5. The van der Waals surface area contributed by atoms with Crippen LogP contribution in [0.3, 0.4) is 0 Å². The number of methoxy groups -OCH3 is 1. The first kappa shape index (κ1) is 13.0. The summed E-state index contributed by atoms with van der Waals surface area (Å²) in [5.74, 6) is 1.28. The molecule has 98 valence electrons. The van der Waals surface area contributed by atoms with Gasteiger partial charge in [-0.3, -0.25) is 0 Å². The molecule has 5 heteroatoms. The minimum Gasteiger partial charge on any atom is -0.497 e. The van der Waals surface area contributed by atoms with Gasteiger partial charge in [-0.05, 0) is 18.6 Å². The summed E-state index contributed by atoms with van der Waals surface area (Å²) in [7, 11) is 1.57. The minimum absolute atomic E-state index is 0.531. The van der Waals surface area contributed by atoms with E-state index in [4.69, 9.17) is 14.7 Å². The summed E-state index contributed by atoms with van der Waals surface area (Å²) in [5, 5.41) is 8.91. The molecule has 2 rings (SSSR count). The van der Waals surface area contributed by atoms with Crippen LogP contribution in [0.15, 0.2) is 36.9 Å². The number of nitrogens with zero attached hydrogens (tertiary/aromatic N) is 3. The normalized spacial score (nSPS) is 9.89. The molecule has 0 unspecified atom stereocenters. The third-order valence-electron chi connectivity index (χ3n) is 2.63. The van der Waals surface area contributed by atoms with Crippen molar-refractivity contribution in [3.63, 3.8) is 0 Å². The van der Waals surface area contributed by atoms with Crippen molar-refractivity contribution in [1.29, 1.82) is 5.26 Å². The van der Waals surface area contributed by atoms with E-state index >= 15 is 0 Å². The van der Waals surface area contributed by atoms with Gasteiger partial charge < -0.3 is 14.0 Å². The van der Waals surface area contributed by atoms with Crippen molar-refractivity contribution in [2.45, 2.75) is 13.0 Å². The summed E-state index contributed by atoms with van der Waals surface area (Å²) >= 11 is 0. The predicted molar refractivity (Wildman–Crippen MR) is 70.0 cm³/mol. The molecule has 0 bridgehead atoms. The number of hydrogen-bond donors (Lipinski definition) is 0. The van der Waals surface area contributed by atoms with E-state index in [1.165, 1.54) is 0 Å². The third kappa shape index (κ3) is 3.75. The first-order valence-corrected chi connectivity index (χ1v) is 5.99. The number of rotatable bonds is 6. The maximum absolute atomic E-state index is 8.91. The quantitative estimate of drug-likeness (QED) is 0.744. The number of hydrogen-bond acceptors (Lipinski definition) is 4. The lowest BCUT2D eigenvalue weighted by atomic mass is 10.2. The van der Waals surface area contributed by atoms with Crippen molar-refractivity contribution in [2.24, 2.45) is 0 Å². The number of ether oxygens (including phenoxy) is 2. The SMILES string of the molecule is COc1cc(C#N)cc(OCCCn2ccnc2)c1. The van der Waals surface area contributed by atoms with E-state index in [1.807, 2.05) is 10.8 Å². The van der Waals surface area contributed by atoms with Gasteiger partial charge in [-0.15, -0.1) is 0 Å². The van der Waals surface area contributed by atoms with Gasteiger partial charge in [-0.1, -0.05) is 0 Å². The second-order valence-corrected chi connectivity index (χ2v) is 4.01. The maximum atomic E-state index is 8.91. The smallest absolute Gasteiger partial charge is 0.124 e. The summed E-state index contributed by atoms with van der Waals surface area (Å²) in [6.45, 7) is 1.44. The Hall–Kier alpha value is -2.48. The molecule has 2 aromatic rings. The lowest BCUT2D eigenvalue weighted by molar-refractivity contribution is 0.299. The van der Waals surface area contributed by atoms with E-state index in [0.29, 0.717) is 23.7 Å². The average molecular weight is 257 g/mol. The second-order valence-electron chi connectivity index (χ2n) is 4.01. The molecule has 0 saturated carbocycles. The third-order valence-corrected chi connectivity index (χ3v) is 2.63. The van der Waals surface area contributed by atoms with Gasteiger partial charge in [0.05, 0.1) is 31.7 Å². The molecule has 0 spiro atoms. The molecule has 0 aliphatic heterocycles. The Bertz CT molecular complexity index is 559. The molecule has 1 aromatic heterocycles. The first-order chi connectivity index (χ1) is 9.31. The highest BCUT2D eigenvalue weighted by Crippen LogP contribution is 2.22. The van der Waals surface area contributed by atoms with Crippen molar-refractivity contribution < 1.29 is 9.47 Å². The van der Waals surface area contributed by atoms with Crippen LogP contribution in [0.5, 0.6) is 11.5 Å². The molecule has 1 heterocycles. The largest absolute Gasteiger partial charge is 0.497 e. The van der Waals surface area contributed by atoms with Crippen LogP contribution >= 0.6 is 0 Å². The molecule has 0 atom stereocenters. The van der Waals surface area contributed by atoms with E-state index in [1.54, 1.807) is 37.8 Å². The van der Waals surface area contributed by atoms with Crippen LogP contribution in [0, 0.1) is 11.3 Å². The van der Waals surface area contributed by atoms with Crippen LogP contribution < -0.4 is 9.47 Å². The molecular formula is C14H15N3O2. The zero-order valence-corrected chi connectivity index (χ0v) is 10.7. The Labute approximate surface area is 112 Å². The molecule has 0 fully saturated rings. The molecule has 0 aliphatic rings. The van der Waals surface area contributed by atoms with Crippen LogP contribution in [0.4, 0.5) is 0 Å². The fourth-order valence-corrected chi connectivity index (χ4v) is 1.69. The highest BCUT2D eigenvalue weighted by molar-refractivity contribution is 5.43. The molecule has 5 nitrogen and oxygen atoms in total. The van der Waals surface area contributed by atoms with E-state index in [2.05, 4.69) is 11.1 Å². The molecule has 0 amide bonds. The van der Waals surface area contributed by atoms with Crippen LogP contribution in [0.1, 0.15) is 12.0 Å². The van der Waals surface area contributed by atoms with Crippen LogP contribution in [0.25, 0.3) is 0 Å².